The van der Waals surface area contributed by atoms with Gasteiger partial charge in [-0.3, -0.25) is 0 Å². The van der Waals surface area contributed by atoms with Crippen molar-refractivity contribution in [1.82, 2.24) is 0 Å². The largest absolute Gasteiger partial charge is 0.497 e. The molecule has 0 aliphatic carbocycles. The molecule has 0 fully saturated rings. The first-order valence-corrected chi connectivity index (χ1v) is 17.0. The van der Waals surface area contributed by atoms with Gasteiger partial charge in [-0.1, -0.05) is 98.8 Å². The maximum atomic E-state index is 14.1. The van der Waals surface area contributed by atoms with Gasteiger partial charge in [-0.2, -0.15) is 0 Å². The zero-order valence-electron chi connectivity index (χ0n) is 27.2. The average molecular weight is 653 g/mol. The molecule has 0 saturated carbocycles. The summed E-state index contributed by atoms with van der Waals surface area (Å²) in [5.74, 6) is -1.31. The molecule has 0 unspecified atom stereocenters. The van der Waals surface area contributed by atoms with Gasteiger partial charge in [-0.15, -0.1) is 0 Å². The van der Waals surface area contributed by atoms with Gasteiger partial charge in [0.2, 0.25) is 0 Å². The molecule has 47 heavy (non-hydrogen) atoms. The summed E-state index contributed by atoms with van der Waals surface area (Å²) in [4.78, 5) is 38.9. The van der Waals surface area contributed by atoms with Crippen LogP contribution in [-0.2, 0) is 19.0 Å². The minimum atomic E-state index is -1.06. The molecule has 0 radical (unpaired) electrons. The van der Waals surface area contributed by atoms with Crippen LogP contribution in [0.1, 0.15) is 47.9 Å². The van der Waals surface area contributed by atoms with Crippen molar-refractivity contribution in [2.75, 3.05) is 20.3 Å². The first kappa shape index (κ1) is 35.1. The Labute approximate surface area is 278 Å². The quantitative estimate of drug-likeness (QED) is 0.0618. The van der Waals surface area contributed by atoms with Gasteiger partial charge in [0, 0.05) is 12.0 Å². The Morgan fingerprint density at radius 1 is 0.723 bits per heavy atom. The second kappa shape index (κ2) is 17.8. The van der Waals surface area contributed by atoms with Gasteiger partial charge in [0.25, 0.3) is 0 Å². The molecule has 0 spiro atoms. The van der Waals surface area contributed by atoms with Crippen molar-refractivity contribution in [3.63, 3.8) is 0 Å². The van der Waals surface area contributed by atoms with Crippen molar-refractivity contribution in [1.29, 1.82) is 0 Å². The maximum Gasteiger partial charge on any atom is 0.339 e. The minimum absolute atomic E-state index is 0.0249. The van der Waals surface area contributed by atoms with Crippen molar-refractivity contribution in [3.8, 4) is 5.75 Å². The summed E-state index contributed by atoms with van der Waals surface area (Å²) in [6.45, 7) is 5.89. The first-order valence-electron chi connectivity index (χ1n) is 15.7. The van der Waals surface area contributed by atoms with Gasteiger partial charge in [0.05, 0.1) is 31.5 Å². The second-order valence-electron chi connectivity index (χ2n) is 11.1. The van der Waals surface area contributed by atoms with E-state index in [1.54, 1.807) is 50.4 Å². The van der Waals surface area contributed by atoms with E-state index >= 15 is 0 Å². The van der Waals surface area contributed by atoms with E-state index in [0.29, 0.717) is 23.3 Å². The molecule has 4 aromatic carbocycles. The molecule has 0 bridgehead atoms. The number of benzene rings is 4. The Balaban J connectivity index is 1.60. The van der Waals surface area contributed by atoms with E-state index in [0.717, 1.165) is 15.9 Å². The minimum Gasteiger partial charge on any atom is -0.497 e. The van der Waals surface area contributed by atoms with Crippen LogP contribution in [0.5, 0.6) is 5.75 Å². The van der Waals surface area contributed by atoms with Crippen LogP contribution < -0.4 is 20.7 Å². The molecule has 0 aromatic heterocycles. The molecule has 0 aliphatic heterocycles. The third-order valence-corrected chi connectivity index (χ3v) is 10.1. The van der Waals surface area contributed by atoms with Gasteiger partial charge in [0.1, 0.15) is 11.9 Å². The molecular formula is C39H41O7P. The predicted molar refractivity (Wildman–Crippen MR) is 186 cm³/mol. The monoisotopic (exact) mass is 652 g/mol. The van der Waals surface area contributed by atoms with Gasteiger partial charge in [-0.25, -0.2) is 14.4 Å². The standard InChI is InChI=1S/C39H41O7P/c1-5-44-36(40)22-14-15-28(2)37(29(3)27-45-38(41)30-23-25-31(43-4)26-24-30)46-39(42)34-20-12-13-21-35(34)47(32-16-8-6-9-17-32)33-18-10-7-11-19-33/h6-14,16-26,28-29,37H,5,15,27H2,1-4H3/b22-14+/t28-,29+,37-/m0/s1. The molecule has 4 rings (SSSR count). The Kier molecular flexibility index (Phi) is 13.3. The van der Waals surface area contributed by atoms with E-state index in [1.807, 2.05) is 68.4 Å². The molecule has 8 heteroatoms. The highest BCUT2D eigenvalue weighted by atomic mass is 31.1. The Hall–Kier alpha value is -4.74. The number of rotatable bonds is 15. The number of carbonyl (C=O) groups excluding carboxylic acids is 3. The summed E-state index contributed by atoms with van der Waals surface area (Å²) in [6, 6.07) is 34.6. The van der Waals surface area contributed by atoms with Crippen LogP contribution >= 0.6 is 7.92 Å². The van der Waals surface area contributed by atoms with Crippen molar-refractivity contribution >= 4 is 41.7 Å². The normalized spacial score (nSPS) is 13.0. The lowest BCUT2D eigenvalue weighted by atomic mass is 9.91. The molecule has 3 atom stereocenters. The number of esters is 3. The van der Waals surface area contributed by atoms with Gasteiger partial charge in [-0.05, 0) is 73.4 Å². The van der Waals surface area contributed by atoms with Gasteiger partial charge < -0.3 is 18.9 Å². The molecule has 0 aliphatic rings. The number of ether oxygens (including phenoxy) is 4. The lowest BCUT2D eigenvalue weighted by Gasteiger charge is -2.29. The summed E-state index contributed by atoms with van der Waals surface area (Å²) < 4.78 is 22.2. The topological polar surface area (TPSA) is 88.1 Å². The van der Waals surface area contributed by atoms with Crippen LogP contribution in [0.2, 0.25) is 0 Å². The van der Waals surface area contributed by atoms with Crippen LogP contribution in [0.25, 0.3) is 0 Å². The molecular weight excluding hydrogens is 611 g/mol. The molecule has 0 N–H and O–H groups in total. The fraction of sp³-hybridized carbons (Fsp3) is 0.256. The number of carbonyl (C=O) groups is 3. The third kappa shape index (κ3) is 9.87. The fourth-order valence-electron chi connectivity index (χ4n) is 5.22. The number of hydrogen-bond acceptors (Lipinski definition) is 7. The summed E-state index contributed by atoms with van der Waals surface area (Å²) >= 11 is 0. The number of allylic oxidation sites excluding steroid dienone is 1. The van der Waals surface area contributed by atoms with Crippen molar-refractivity contribution < 1.29 is 33.3 Å². The average Bonchev–Trinajstić information content (AvgIpc) is 3.10. The van der Waals surface area contributed by atoms with Crippen LogP contribution in [-0.4, -0.2) is 44.3 Å². The summed E-state index contributed by atoms with van der Waals surface area (Å²) in [5.41, 5.74) is 0.870. The Bertz CT molecular complexity index is 1580. The molecule has 0 saturated heterocycles. The highest BCUT2D eigenvalue weighted by Gasteiger charge is 2.31. The first-order chi connectivity index (χ1) is 22.8. The van der Waals surface area contributed by atoms with E-state index in [1.165, 1.54) is 6.08 Å². The molecule has 244 valence electrons. The lowest BCUT2D eigenvalue weighted by molar-refractivity contribution is -0.137. The maximum absolute atomic E-state index is 14.1. The summed E-state index contributed by atoms with van der Waals surface area (Å²) in [7, 11) is 0.496. The molecule has 0 amide bonds. The van der Waals surface area contributed by atoms with E-state index < -0.39 is 31.9 Å². The van der Waals surface area contributed by atoms with Gasteiger partial charge >= 0.3 is 17.9 Å². The molecule has 7 nitrogen and oxygen atoms in total. The van der Waals surface area contributed by atoms with Crippen molar-refractivity contribution in [2.24, 2.45) is 11.8 Å². The summed E-state index contributed by atoms with van der Waals surface area (Å²) in [6.07, 6.45) is 2.91. The zero-order valence-corrected chi connectivity index (χ0v) is 28.1. The lowest BCUT2D eigenvalue weighted by Crippen LogP contribution is -2.36. The van der Waals surface area contributed by atoms with Crippen LogP contribution in [0.3, 0.4) is 0 Å². The van der Waals surface area contributed by atoms with Crippen molar-refractivity contribution in [3.05, 3.63) is 132 Å². The Morgan fingerprint density at radius 2 is 1.32 bits per heavy atom. The predicted octanol–water partition coefficient (Wildman–Crippen LogP) is 6.62. The van der Waals surface area contributed by atoms with Gasteiger partial charge in [0.15, 0.2) is 0 Å². The summed E-state index contributed by atoms with van der Waals surface area (Å²) in [5, 5.41) is 3.11. The van der Waals surface area contributed by atoms with Crippen LogP contribution in [0.4, 0.5) is 0 Å². The molecule has 4 aromatic rings. The number of methoxy groups -OCH3 is 1. The Morgan fingerprint density at radius 3 is 1.91 bits per heavy atom. The van der Waals surface area contributed by atoms with Crippen molar-refractivity contribution in [2.45, 2.75) is 33.3 Å². The van der Waals surface area contributed by atoms with Crippen LogP contribution in [0, 0.1) is 11.8 Å². The van der Waals surface area contributed by atoms with E-state index in [2.05, 4.69) is 24.3 Å². The molecule has 0 heterocycles. The zero-order chi connectivity index (χ0) is 33.6. The smallest absolute Gasteiger partial charge is 0.339 e. The number of hydrogen-bond donors (Lipinski definition) is 0. The SMILES string of the molecule is CCOC(=O)/C=C/C[C@H](C)[C@H](OC(=O)c1ccccc1P(c1ccccc1)c1ccccc1)[C@H](C)COC(=O)c1ccc(OC)cc1. The van der Waals surface area contributed by atoms with E-state index in [9.17, 15) is 14.4 Å². The second-order valence-corrected chi connectivity index (χ2v) is 13.3. The third-order valence-electron chi connectivity index (χ3n) is 7.61. The highest BCUT2D eigenvalue weighted by Crippen LogP contribution is 2.34. The fourth-order valence-corrected chi connectivity index (χ4v) is 7.66. The highest BCUT2D eigenvalue weighted by molar-refractivity contribution is 7.80. The van der Waals surface area contributed by atoms with Crippen LogP contribution in [0.15, 0.2) is 121 Å². The van der Waals surface area contributed by atoms with E-state index in [-0.39, 0.29) is 25.0 Å². The van der Waals surface area contributed by atoms with E-state index in [4.69, 9.17) is 18.9 Å².